The molecule has 0 saturated carbocycles. The van der Waals surface area contributed by atoms with Gasteiger partial charge in [-0.3, -0.25) is 0 Å². The summed E-state index contributed by atoms with van der Waals surface area (Å²) in [5, 5.41) is 12.6. The van der Waals surface area contributed by atoms with Crippen molar-refractivity contribution in [3.8, 4) is 11.5 Å². The molecule has 3 nitrogen and oxygen atoms in total. The summed E-state index contributed by atoms with van der Waals surface area (Å²) >= 11 is 0. The summed E-state index contributed by atoms with van der Waals surface area (Å²) in [5.41, 5.74) is 1.13. The van der Waals surface area contributed by atoms with E-state index in [0.717, 1.165) is 12.0 Å². The minimum atomic E-state index is 0.183. The first-order valence-corrected chi connectivity index (χ1v) is 4.77. The molecule has 2 N–H and O–H groups in total. The second-order valence-corrected chi connectivity index (χ2v) is 3.18. The Kier molecular flexibility index (Phi) is 3.77. The molecule has 14 heavy (non-hydrogen) atoms. The molecule has 1 aromatic carbocycles. The molecular formula is C11H17NO2. The van der Waals surface area contributed by atoms with Crippen LogP contribution in [0.25, 0.3) is 0 Å². The minimum absolute atomic E-state index is 0.183. The number of ether oxygens (including phenoxy) is 1. The van der Waals surface area contributed by atoms with Crippen molar-refractivity contribution in [2.24, 2.45) is 0 Å². The first-order chi connectivity index (χ1) is 6.72. The van der Waals surface area contributed by atoms with Crippen molar-refractivity contribution in [3.63, 3.8) is 0 Å². The van der Waals surface area contributed by atoms with Crippen LogP contribution in [0.2, 0.25) is 0 Å². The maximum Gasteiger partial charge on any atom is 0.160 e. The number of phenols is 1. The first kappa shape index (κ1) is 10.9. The summed E-state index contributed by atoms with van der Waals surface area (Å²) in [6, 6.07) is 5.74. The molecule has 0 aromatic heterocycles. The molecule has 3 heteroatoms. The largest absolute Gasteiger partial charge is 0.504 e. The molecule has 0 aliphatic carbocycles. The quantitative estimate of drug-likeness (QED) is 0.772. The highest BCUT2D eigenvalue weighted by molar-refractivity contribution is 5.42. The third-order valence-corrected chi connectivity index (χ3v) is 2.36. The molecule has 0 aliphatic rings. The Morgan fingerprint density at radius 3 is 2.71 bits per heavy atom. The van der Waals surface area contributed by atoms with Crippen LogP contribution < -0.4 is 10.1 Å². The normalized spacial score (nSPS) is 12.5. The molecule has 1 unspecified atom stereocenters. The lowest BCUT2D eigenvalue weighted by Gasteiger charge is -2.15. The van der Waals surface area contributed by atoms with Gasteiger partial charge >= 0.3 is 0 Å². The molecule has 1 rings (SSSR count). The highest BCUT2D eigenvalue weighted by Crippen LogP contribution is 2.29. The number of aromatic hydroxyl groups is 1. The summed E-state index contributed by atoms with van der Waals surface area (Å²) in [7, 11) is 3.48. The zero-order valence-corrected chi connectivity index (χ0v) is 8.87. The van der Waals surface area contributed by atoms with E-state index in [-0.39, 0.29) is 5.75 Å². The van der Waals surface area contributed by atoms with Crippen LogP contribution in [0.3, 0.4) is 0 Å². The molecule has 0 aliphatic heterocycles. The van der Waals surface area contributed by atoms with Crippen molar-refractivity contribution in [2.75, 3.05) is 14.2 Å². The number of nitrogens with one attached hydrogen (secondary N) is 1. The third-order valence-electron chi connectivity index (χ3n) is 2.36. The van der Waals surface area contributed by atoms with Gasteiger partial charge in [-0.25, -0.2) is 0 Å². The second-order valence-electron chi connectivity index (χ2n) is 3.18. The lowest BCUT2D eigenvalue weighted by molar-refractivity contribution is 0.372. The molecule has 0 saturated heterocycles. The van der Waals surface area contributed by atoms with Gasteiger partial charge in [0.05, 0.1) is 7.11 Å². The van der Waals surface area contributed by atoms with Gasteiger partial charge in [-0.15, -0.1) is 0 Å². The molecule has 78 valence electrons. The monoisotopic (exact) mass is 195 g/mol. The van der Waals surface area contributed by atoms with Crippen LogP contribution in [0.1, 0.15) is 24.9 Å². The Hall–Kier alpha value is -1.22. The smallest absolute Gasteiger partial charge is 0.160 e. The second kappa shape index (κ2) is 4.86. The maximum absolute atomic E-state index is 9.42. The number of hydrogen-bond acceptors (Lipinski definition) is 3. The van der Waals surface area contributed by atoms with Crippen molar-refractivity contribution in [1.82, 2.24) is 5.32 Å². The van der Waals surface area contributed by atoms with E-state index in [4.69, 9.17) is 4.74 Å². The average Bonchev–Trinajstić information content (AvgIpc) is 2.22. The van der Waals surface area contributed by atoms with Crippen molar-refractivity contribution in [3.05, 3.63) is 23.8 Å². The van der Waals surface area contributed by atoms with Crippen LogP contribution in [0.15, 0.2) is 18.2 Å². The number of rotatable bonds is 4. The van der Waals surface area contributed by atoms with E-state index in [0.29, 0.717) is 11.8 Å². The molecule has 1 aromatic rings. The van der Waals surface area contributed by atoms with Gasteiger partial charge in [-0.1, -0.05) is 13.0 Å². The van der Waals surface area contributed by atoms with Crippen LogP contribution in [0.5, 0.6) is 11.5 Å². The molecule has 0 fully saturated rings. The van der Waals surface area contributed by atoms with Gasteiger partial charge in [-0.05, 0) is 31.2 Å². The van der Waals surface area contributed by atoms with E-state index in [1.54, 1.807) is 13.2 Å². The Morgan fingerprint density at radius 1 is 1.50 bits per heavy atom. The van der Waals surface area contributed by atoms with Gasteiger partial charge < -0.3 is 15.2 Å². The first-order valence-electron chi connectivity index (χ1n) is 4.77. The van der Waals surface area contributed by atoms with Crippen LogP contribution >= 0.6 is 0 Å². The fourth-order valence-electron chi connectivity index (χ4n) is 1.52. The van der Waals surface area contributed by atoms with Crippen molar-refractivity contribution < 1.29 is 9.84 Å². The predicted octanol–water partition coefficient (Wildman–Crippen LogP) is 2.07. The van der Waals surface area contributed by atoms with E-state index in [1.165, 1.54) is 0 Å². The summed E-state index contributed by atoms with van der Waals surface area (Å²) in [4.78, 5) is 0. The molecule has 0 spiro atoms. The lowest BCUT2D eigenvalue weighted by Crippen LogP contribution is -2.15. The van der Waals surface area contributed by atoms with Gasteiger partial charge in [0.15, 0.2) is 11.5 Å². The Labute approximate surface area is 84.7 Å². The van der Waals surface area contributed by atoms with Crippen LogP contribution in [-0.2, 0) is 0 Å². The summed E-state index contributed by atoms with van der Waals surface area (Å²) in [6.07, 6.45) is 1.00. The van der Waals surface area contributed by atoms with Gasteiger partial charge in [0.1, 0.15) is 0 Å². The predicted molar refractivity (Wildman–Crippen MR) is 56.8 cm³/mol. The fourth-order valence-corrected chi connectivity index (χ4v) is 1.52. The summed E-state index contributed by atoms with van der Waals surface area (Å²) < 4.78 is 5.05. The average molecular weight is 195 g/mol. The van der Waals surface area contributed by atoms with Crippen molar-refractivity contribution in [2.45, 2.75) is 19.4 Å². The maximum atomic E-state index is 9.42. The molecule has 0 radical (unpaired) electrons. The summed E-state index contributed by atoms with van der Waals surface area (Å²) in [6.45, 7) is 2.11. The van der Waals surface area contributed by atoms with Gasteiger partial charge in [0, 0.05) is 6.04 Å². The Bertz CT molecular complexity index is 295. The zero-order valence-electron chi connectivity index (χ0n) is 8.87. The van der Waals surface area contributed by atoms with E-state index in [9.17, 15) is 5.11 Å². The van der Waals surface area contributed by atoms with Crippen LogP contribution in [0.4, 0.5) is 0 Å². The van der Waals surface area contributed by atoms with Crippen LogP contribution in [-0.4, -0.2) is 19.3 Å². The topological polar surface area (TPSA) is 41.5 Å². The lowest BCUT2D eigenvalue weighted by atomic mass is 10.0. The standard InChI is InChI=1S/C11H17NO2/c1-4-9(12-2)8-5-6-10(13)11(7-8)14-3/h5-7,9,12-13H,4H2,1-3H3. The van der Waals surface area contributed by atoms with Crippen molar-refractivity contribution in [1.29, 1.82) is 0 Å². The van der Waals surface area contributed by atoms with E-state index >= 15 is 0 Å². The molecule has 0 heterocycles. The van der Waals surface area contributed by atoms with Crippen LogP contribution in [0, 0.1) is 0 Å². The molecule has 0 amide bonds. The number of hydrogen-bond donors (Lipinski definition) is 2. The van der Waals surface area contributed by atoms with Gasteiger partial charge in [0.2, 0.25) is 0 Å². The molecule has 1 atom stereocenters. The van der Waals surface area contributed by atoms with Gasteiger partial charge in [0.25, 0.3) is 0 Å². The van der Waals surface area contributed by atoms with Gasteiger partial charge in [-0.2, -0.15) is 0 Å². The van der Waals surface area contributed by atoms with E-state index in [1.807, 2.05) is 19.2 Å². The number of methoxy groups -OCH3 is 1. The minimum Gasteiger partial charge on any atom is -0.504 e. The highest BCUT2D eigenvalue weighted by Gasteiger charge is 2.09. The van der Waals surface area contributed by atoms with E-state index < -0.39 is 0 Å². The Balaban J connectivity index is 2.98. The molecule has 0 bridgehead atoms. The fraction of sp³-hybridized carbons (Fsp3) is 0.455. The van der Waals surface area contributed by atoms with E-state index in [2.05, 4.69) is 12.2 Å². The molecular weight excluding hydrogens is 178 g/mol. The third kappa shape index (κ3) is 2.17. The summed E-state index contributed by atoms with van der Waals surface area (Å²) in [5.74, 6) is 0.707. The Morgan fingerprint density at radius 2 is 2.21 bits per heavy atom. The number of benzene rings is 1. The highest BCUT2D eigenvalue weighted by atomic mass is 16.5. The number of phenolic OH excluding ortho intramolecular Hbond substituents is 1. The SMILES string of the molecule is CCC(NC)c1ccc(O)c(OC)c1. The zero-order chi connectivity index (χ0) is 10.6. The van der Waals surface area contributed by atoms with Crippen molar-refractivity contribution >= 4 is 0 Å².